The highest BCUT2D eigenvalue weighted by Gasteiger charge is 2.30. The lowest BCUT2D eigenvalue weighted by Crippen LogP contribution is -2.27. The lowest BCUT2D eigenvalue weighted by atomic mass is 9.96. The van der Waals surface area contributed by atoms with Crippen molar-refractivity contribution >= 4 is 11.6 Å². The standard InChI is InChI=1S/C19H20F3NO/c1-13-4-10-17(11-5-13)23(3)18(24)12-14(2)15-6-8-16(9-7-15)19(20,21)22/h4-11,14H,12H2,1-3H3. The number of rotatable bonds is 4. The van der Waals surface area contributed by atoms with Crippen LogP contribution in [-0.2, 0) is 11.0 Å². The predicted molar refractivity (Wildman–Crippen MR) is 89.1 cm³/mol. The molecule has 2 aromatic rings. The van der Waals surface area contributed by atoms with Gasteiger partial charge in [0, 0.05) is 19.2 Å². The number of halogens is 3. The van der Waals surface area contributed by atoms with Crippen LogP contribution in [0.1, 0.15) is 36.0 Å². The van der Waals surface area contributed by atoms with E-state index < -0.39 is 11.7 Å². The molecule has 0 heterocycles. The van der Waals surface area contributed by atoms with Crippen LogP contribution in [0.4, 0.5) is 18.9 Å². The summed E-state index contributed by atoms with van der Waals surface area (Å²) in [6.45, 7) is 3.81. The lowest BCUT2D eigenvalue weighted by molar-refractivity contribution is -0.137. The first-order valence-corrected chi connectivity index (χ1v) is 7.69. The molecule has 0 fully saturated rings. The molecular formula is C19H20F3NO. The minimum absolute atomic E-state index is 0.0775. The fourth-order valence-corrected chi connectivity index (χ4v) is 2.43. The van der Waals surface area contributed by atoms with E-state index >= 15 is 0 Å². The molecule has 0 aliphatic carbocycles. The highest BCUT2D eigenvalue weighted by atomic mass is 19.4. The highest BCUT2D eigenvalue weighted by molar-refractivity contribution is 5.93. The molecule has 0 aromatic heterocycles. The number of benzene rings is 2. The van der Waals surface area contributed by atoms with E-state index in [1.807, 2.05) is 38.1 Å². The van der Waals surface area contributed by atoms with Gasteiger partial charge in [0.25, 0.3) is 0 Å². The molecule has 0 bridgehead atoms. The van der Waals surface area contributed by atoms with Crippen molar-refractivity contribution in [1.82, 2.24) is 0 Å². The molecule has 0 aliphatic rings. The van der Waals surface area contributed by atoms with Crippen molar-refractivity contribution in [3.63, 3.8) is 0 Å². The Bertz CT molecular complexity index is 690. The van der Waals surface area contributed by atoms with Crippen molar-refractivity contribution < 1.29 is 18.0 Å². The molecule has 0 spiro atoms. The Morgan fingerprint density at radius 3 is 2.08 bits per heavy atom. The molecule has 0 radical (unpaired) electrons. The minimum Gasteiger partial charge on any atom is -0.315 e. The topological polar surface area (TPSA) is 20.3 Å². The maximum atomic E-state index is 12.6. The molecule has 2 aromatic carbocycles. The maximum absolute atomic E-state index is 12.6. The van der Waals surface area contributed by atoms with E-state index in [0.29, 0.717) is 5.56 Å². The Morgan fingerprint density at radius 2 is 1.58 bits per heavy atom. The zero-order valence-electron chi connectivity index (χ0n) is 13.9. The number of anilines is 1. The van der Waals surface area contributed by atoms with Gasteiger partial charge in [0.15, 0.2) is 0 Å². The van der Waals surface area contributed by atoms with Gasteiger partial charge in [-0.2, -0.15) is 13.2 Å². The van der Waals surface area contributed by atoms with Gasteiger partial charge in [-0.05, 0) is 42.7 Å². The van der Waals surface area contributed by atoms with Crippen molar-refractivity contribution in [3.8, 4) is 0 Å². The van der Waals surface area contributed by atoms with Gasteiger partial charge in [0.2, 0.25) is 5.91 Å². The molecule has 1 amide bonds. The fourth-order valence-electron chi connectivity index (χ4n) is 2.43. The van der Waals surface area contributed by atoms with Gasteiger partial charge in [-0.25, -0.2) is 0 Å². The summed E-state index contributed by atoms with van der Waals surface area (Å²) in [5, 5.41) is 0. The molecule has 128 valence electrons. The van der Waals surface area contributed by atoms with Crippen LogP contribution in [0.2, 0.25) is 0 Å². The number of carbonyl (C=O) groups is 1. The van der Waals surface area contributed by atoms with Crippen LogP contribution in [0.25, 0.3) is 0 Å². The van der Waals surface area contributed by atoms with Crippen molar-refractivity contribution in [2.24, 2.45) is 0 Å². The Balaban J connectivity index is 2.04. The van der Waals surface area contributed by atoms with Gasteiger partial charge >= 0.3 is 6.18 Å². The Morgan fingerprint density at radius 1 is 1.04 bits per heavy atom. The van der Waals surface area contributed by atoms with Crippen LogP contribution < -0.4 is 4.90 Å². The summed E-state index contributed by atoms with van der Waals surface area (Å²) in [5.74, 6) is -0.237. The average Bonchev–Trinajstić information content (AvgIpc) is 2.54. The summed E-state index contributed by atoms with van der Waals surface area (Å²) < 4.78 is 37.8. The van der Waals surface area contributed by atoms with E-state index in [0.717, 1.165) is 23.4 Å². The van der Waals surface area contributed by atoms with Crippen molar-refractivity contribution in [1.29, 1.82) is 0 Å². The van der Waals surface area contributed by atoms with Crippen LogP contribution in [0.15, 0.2) is 48.5 Å². The van der Waals surface area contributed by atoms with Gasteiger partial charge in [0.1, 0.15) is 0 Å². The summed E-state index contributed by atoms with van der Waals surface area (Å²) in [5.41, 5.74) is 1.94. The molecule has 2 nitrogen and oxygen atoms in total. The fraction of sp³-hybridized carbons (Fsp3) is 0.316. The van der Waals surface area contributed by atoms with Crippen LogP contribution >= 0.6 is 0 Å². The smallest absolute Gasteiger partial charge is 0.315 e. The first-order valence-electron chi connectivity index (χ1n) is 7.69. The number of hydrogen-bond donors (Lipinski definition) is 0. The second-order valence-electron chi connectivity index (χ2n) is 6.01. The van der Waals surface area contributed by atoms with Crippen LogP contribution in [0, 0.1) is 6.92 Å². The number of nitrogens with zero attached hydrogens (tertiary/aromatic N) is 1. The van der Waals surface area contributed by atoms with E-state index in [-0.39, 0.29) is 18.2 Å². The zero-order chi connectivity index (χ0) is 17.9. The third-order valence-corrected chi connectivity index (χ3v) is 4.08. The molecule has 0 aliphatic heterocycles. The molecule has 5 heteroatoms. The number of aryl methyl sites for hydroxylation is 1. The summed E-state index contributed by atoms with van der Waals surface area (Å²) in [7, 11) is 1.70. The molecule has 0 N–H and O–H groups in total. The summed E-state index contributed by atoms with van der Waals surface area (Å²) >= 11 is 0. The van der Waals surface area contributed by atoms with Crippen LogP contribution in [0.5, 0.6) is 0 Å². The molecule has 24 heavy (non-hydrogen) atoms. The third kappa shape index (κ3) is 4.37. The Labute approximate surface area is 139 Å². The van der Waals surface area contributed by atoms with E-state index in [1.165, 1.54) is 12.1 Å². The number of alkyl halides is 3. The summed E-state index contributed by atoms with van der Waals surface area (Å²) in [6, 6.07) is 12.6. The SMILES string of the molecule is Cc1ccc(N(C)C(=O)CC(C)c2ccc(C(F)(F)F)cc2)cc1. The molecule has 0 saturated heterocycles. The lowest BCUT2D eigenvalue weighted by Gasteiger charge is -2.20. The molecular weight excluding hydrogens is 315 g/mol. The number of carbonyl (C=O) groups excluding carboxylic acids is 1. The number of hydrogen-bond acceptors (Lipinski definition) is 1. The monoisotopic (exact) mass is 335 g/mol. The van der Waals surface area contributed by atoms with Gasteiger partial charge < -0.3 is 4.90 Å². The normalized spacial score (nSPS) is 12.8. The first kappa shape index (κ1) is 18.0. The van der Waals surface area contributed by atoms with E-state index in [4.69, 9.17) is 0 Å². The first-order chi connectivity index (χ1) is 11.2. The zero-order valence-corrected chi connectivity index (χ0v) is 13.9. The van der Waals surface area contributed by atoms with Crippen LogP contribution in [0.3, 0.4) is 0 Å². The van der Waals surface area contributed by atoms with Gasteiger partial charge in [0.05, 0.1) is 5.56 Å². The van der Waals surface area contributed by atoms with Gasteiger partial charge in [-0.3, -0.25) is 4.79 Å². The second kappa shape index (κ2) is 7.07. The third-order valence-electron chi connectivity index (χ3n) is 4.08. The largest absolute Gasteiger partial charge is 0.416 e. The maximum Gasteiger partial charge on any atom is 0.416 e. The van der Waals surface area contributed by atoms with Crippen molar-refractivity contribution in [2.75, 3.05) is 11.9 Å². The molecule has 1 unspecified atom stereocenters. The predicted octanol–water partition coefficient (Wildman–Crippen LogP) is 5.17. The molecule has 0 saturated carbocycles. The number of amides is 1. The Hall–Kier alpha value is -2.30. The summed E-state index contributed by atoms with van der Waals surface area (Å²) in [4.78, 5) is 14.0. The van der Waals surface area contributed by atoms with Gasteiger partial charge in [-0.15, -0.1) is 0 Å². The van der Waals surface area contributed by atoms with Crippen molar-refractivity contribution in [2.45, 2.75) is 32.4 Å². The van der Waals surface area contributed by atoms with E-state index in [9.17, 15) is 18.0 Å². The van der Waals surface area contributed by atoms with E-state index in [1.54, 1.807) is 11.9 Å². The molecule has 2 rings (SSSR count). The summed E-state index contributed by atoms with van der Waals surface area (Å²) in [6.07, 6.45) is -4.11. The second-order valence-corrected chi connectivity index (χ2v) is 6.01. The molecule has 1 atom stereocenters. The Kier molecular flexibility index (Phi) is 5.32. The average molecular weight is 335 g/mol. The van der Waals surface area contributed by atoms with Crippen LogP contribution in [-0.4, -0.2) is 13.0 Å². The van der Waals surface area contributed by atoms with Gasteiger partial charge in [-0.1, -0.05) is 36.8 Å². The quantitative estimate of drug-likeness (QED) is 0.755. The van der Waals surface area contributed by atoms with E-state index in [2.05, 4.69) is 0 Å². The van der Waals surface area contributed by atoms with Crippen molar-refractivity contribution in [3.05, 3.63) is 65.2 Å². The highest BCUT2D eigenvalue weighted by Crippen LogP contribution is 2.31. The minimum atomic E-state index is -4.34.